The molecule has 3 aliphatic carbocycles. The topological polar surface area (TPSA) is 12.0 Å². The summed E-state index contributed by atoms with van der Waals surface area (Å²) in [7, 11) is 0. The Morgan fingerprint density at radius 3 is 2.50 bits per heavy atom. The Morgan fingerprint density at radius 1 is 0.889 bits per heavy atom. The Kier molecular flexibility index (Phi) is 4.56. The van der Waals surface area contributed by atoms with Crippen molar-refractivity contribution in [2.75, 3.05) is 5.75 Å². The number of rotatable bonds is 5. The van der Waals surface area contributed by atoms with Crippen molar-refractivity contribution in [3.63, 3.8) is 0 Å². The summed E-state index contributed by atoms with van der Waals surface area (Å²) in [5.74, 6) is 3.50. The molecule has 1 nitrogen and oxygen atoms in total. The Morgan fingerprint density at radius 2 is 1.72 bits per heavy atom. The molecule has 3 fully saturated rings. The molecule has 0 spiro atoms. The van der Waals surface area contributed by atoms with Crippen LogP contribution in [0.15, 0.2) is 0 Å². The summed E-state index contributed by atoms with van der Waals surface area (Å²) in [6.07, 6.45) is 13.4. The number of hydrogen-bond acceptors (Lipinski definition) is 2. The van der Waals surface area contributed by atoms with Crippen molar-refractivity contribution >= 4 is 11.8 Å². The first-order valence-corrected chi connectivity index (χ1v) is 9.27. The van der Waals surface area contributed by atoms with Gasteiger partial charge in [0, 0.05) is 17.3 Å². The summed E-state index contributed by atoms with van der Waals surface area (Å²) < 4.78 is 0. The Balaban J connectivity index is 1.42. The van der Waals surface area contributed by atoms with Crippen LogP contribution in [0.5, 0.6) is 0 Å². The lowest BCUT2D eigenvalue weighted by atomic mass is 9.82. The predicted octanol–water partition coefficient (Wildman–Crippen LogP) is 4.22. The van der Waals surface area contributed by atoms with Gasteiger partial charge in [-0.05, 0) is 62.5 Å². The van der Waals surface area contributed by atoms with Crippen LogP contribution >= 0.6 is 11.8 Å². The summed E-state index contributed by atoms with van der Waals surface area (Å²) in [6, 6.07) is 1.71. The van der Waals surface area contributed by atoms with Gasteiger partial charge in [0.2, 0.25) is 0 Å². The Labute approximate surface area is 117 Å². The van der Waals surface area contributed by atoms with Crippen molar-refractivity contribution < 1.29 is 0 Å². The van der Waals surface area contributed by atoms with Gasteiger partial charge in [0.15, 0.2) is 0 Å². The minimum atomic E-state index is 0.844. The third kappa shape index (κ3) is 3.45. The van der Waals surface area contributed by atoms with E-state index < -0.39 is 0 Å². The molecular formula is C16H29NS. The molecule has 0 radical (unpaired) electrons. The van der Waals surface area contributed by atoms with E-state index in [0.717, 1.165) is 29.2 Å². The lowest BCUT2D eigenvalue weighted by Crippen LogP contribution is -2.40. The Bertz CT molecular complexity index is 264. The van der Waals surface area contributed by atoms with E-state index in [-0.39, 0.29) is 0 Å². The van der Waals surface area contributed by atoms with Crippen molar-refractivity contribution in [3.8, 4) is 0 Å². The highest BCUT2D eigenvalue weighted by molar-refractivity contribution is 7.99. The maximum atomic E-state index is 4.01. The van der Waals surface area contributed by atoms with Crippen LogP contribution in [0.4, 0.5) is 0 Å². The van der Waals surface area contributed by atoms with Crippen molar-refractivity contribution in [1.82, 2.24) is 5.32 Å². The van der Waals surface area contributed by atoms with E-state index in [1.54, 1.807) is 0 Å². The van der Waals surface area contributed by atoms with Gasteiger partial charge in [0.25, 0.3) is 0 Å². The molecule has 0 heterocycles. The third-order valence-electron chi connectivity index (χ3n) is 5.26. The summed E-state index contributed by atoms with van der Waals surface area (Å²) in [6.45, 7) is 2.30. The standard InChI is InChI=1S/C16H29NS/c1-2-18-16-9-8-15(11-16)17-14-5-3-4-13(10-14)12-6-7-12/h12-17H,2-11H2,1H3. The van der Waals surface area contributed by atoms with Crippen molar-refractivity contribution in [2.24, 2.45) is 11.8 Å². The number of thioether (sulfide) groups is 1. The van der Waals surface area contributed by atoms with Gasteiger partial charge in [-0.25, -0.2) is 0 Å². The lowest BCUT2D eigenvalue weighted by Gasteiger charge is -2.32. The molecule has 1 N–H and O–H groups in total. The zero-order chi connectivity index (χ0) is 12.4. The molecule has 2 heteroatoms. The van der Waals surface area contributed by atoms with E-state index in [2.05, 4.69) is 24.0 Å². The second-order valence-electron chi connectivity index (χ2n) is 6.72. The van der Waals surface area contributed by atoms with Gasteiger partial charge in [-0.2, -0.15) is 11.8 Å². The monoisotopic (exact) mass is 267 g/mol. The van der Waals surface area contributed by atoms with Crippen LogP contribution in [-0.4, -0.2) is 23.1 Å². The van der Waals surface area contributed by atoms with Crippen LogP contribution < -0.4 is 5.32 Å². The van der Waals surface area contributed by atoms with Crippen LogP contribution in [0.25, 0.3) is 0 Å². The number of hydrogen-bond donors (Lipinski definition) is 1. The minimum absolute atomic E-state index is 0.844. The molecule has 0 amide bonds. The van der Waals surface area contributed by atoms with Crippen LogP contribution in [0.2, 0.25) is 0 Å². The van der Waals surface area contributed by atoms with Crippen LogP contribution in [0.1, 0.15) is 64.7 Å². The predicted molar refractivity (Wildman–Crippen MR) is 81.2 cm³/mol. The van der Waals surface area contributed by atoms with Crippen molar-refractivity contribution in [2.45, 2.75) is 82.0 Å². The zero-order valence-electron chi connectivity index (χ0n) is 11.9. The van der Waals surface area contributed by atoms with E-state index in [0.29, 0.717) is 0 Å². The van der Waals surface area contributed by atoms with Crippen molar-refractivity contribution in [1.29, 1.82) is 0 Å². The molecule has 4 atom stereocenters. The molecule has 3 rings (SSSR count). The quantitative estimate of drug-likeness (QED) is 0.800. The van der Waals surface area contributed by atoms with Gasteiger partial charge in [-0.1, -0.05) is 19.8 Å². The molecular weight excluding hydrogens is 238 g/mol. The molecule has 0 saturated heterocycles. The molecule has 0 aliphatic heterocycles. The van der Waals surface area contributed by atoms with Crippen LogP contribution in [-0.2, 0) is 0 Å². The van der Waals surface area contributed by atoms with Gasteiger partial charge in [0.05, 0.1) is 0 Å². The smallest absolute Gasteiger partial charge is 0.00805 e. The van der Waals surface area contributed by atoms with Gasteiger partial charge >= 0.3 is 0 Å². The molecule has 4 unspecified atom stereocenters. The summed E-state index contributed by atoms with van der Waals surface area (Å²) >= 11 is 2.18. The summed E-state index contributed by atoms with van der Waals surface area (Å²) in [5, 5.41) is 4.96. The van der Waals surface area contributed by atoms with Gasteiger partial charge < -0.3 is 5.32 Å². The third-order valence-corrected chi connectivity index (χ3v) is 6.49. The highest BCUT2D eigenvalue weighted by atomic mass is 32.2. The lowest BCUT2D eigenvalue weighted by molar-refractivity contribution is 0.246. The molecule has 0 bridgehead atoms. The van der Waals surface area contributed by atoms with E-state index in [1.807, 2.05) is 0 Å². The van der Waals surface area contributed by atoms with E-state index >= 15 is 0 Å². The zero-order valence-corrected chi connectivity index (χ0v) is 12.7. The SMILES string of the molecule is CCSC1CCC(NC2CCCC(C3CC3)C2)C1. The first-order chi connectivity index (χ1) is 8.85. The Hall–Kier alpha value is 0.310. The molecule has 0 aromatic rings. The minimum Gasteiger partial charge on any atom is -0.311 e. The average molecular weight is 267 g/mol. The van der Waals surface area contributed by atoms with Gasteiger partial charge in [-0.3, -0.25) is 0 Å². The maximum absolute atomic E-state index is 4.01. The maximum Gasteiger partial charge on any atom is 0.00805 e. The second-order valence-corrected chi connectivity index (χ2v) is 8.29. The van der Waals surface area contributed by atoms with Gasteiger partial charge in [0.1, 0.15) is 0 Å². The first kappa shape index (κ1) is 13.3. The molecule has 18 heavy (non-hydrogen) atoms. The van der Waals surface area contributed by atoms with E-state index in [9.17, 15) is 0 Å². The molecule has 3 saturated carbocycles. The normalized spacial score (nSPS) is 41.2. The van der Waals surface area contributed by atoms with E-state index in [4.69, 9.17) is 0 Å². The van der Waals surface area contributed by atoms with Gasteiger partial charge in [-0.15, -0.1) is 0 Å². The summed E-state index contributed by atoms with van der Waals surface area (Å²) in [4.78, 5) is 0. The largest absolute Gasteiger partial charge is 0.311 e. The highest BCUT2D eigenvalue weighted by Crippen LogP contribution is 2.44. The fraction of sp³-hybridized carbons (Fsp3) is 1.00. The van der Waals surface area contributed by atoms with Crippen molar-refractivity contribution in [3.05, 3.63) is 0 Å². The summed E-state index contributed by atoms with van der Waals surface area (Å²) in [5.41, 5.74) is 0. The number of nitrogens with one attached hydrogen (secondary N) is 1. The molecule has 3 aliphatic rings. The second kappa shape index (κ2) is 6.17. The molecule has 0 aromatic heterocycles. The fourth-order valence-corrected chi connectivity index (χ4v) is 5.33. The fourth-order valence-electron chi connectivity index (χ4n) is 4.19. The van der Waals surface area contributed by atoms with Crippen LogP contribution in [0, 0.1) is 11.8 Å². The average Bonchev–Trinajstić information content (AvgIpc) is 3.14. The van der Waals surface area contributed by atoms with E-state index in [1.165, 1.54) is 63.5 Å². The molecule has 0 aromatic carbocycles. The molecule has 104 valence electrons. The highest BCUT2D eigenvalue weighted by Gasteiger charge is 2.35. The first-order valence-electron chi connectivity index (χ1n) is 8.22. The van der Waals surface area contributed by atoms with Crippen LogP contribution in [0.3, 0.4) is 0 Å².